The van der Waals surface area contributed by atoms with Gasteiger partial charge in [-0.3, -0.25) is 9.59 Å². The minimum atomic E-state index is -0.982. The van der Waals surface area contributed by atoms with Crippen LogP contribution in [0, 0.1) is 0 Å². The highest BCUT2D eigenvalue weighted by atomic mass is 32.1. The van der Waals surface area contributed by atoms with E-state index < -0.39 is 12.0 Å². The van der Waals surface area contributed by atoms with Crippen LogP contribution in [0.3, 0.4) is 0 Å². The van der Waals surface area contributed by atoms with Gasteiger partial charge in [-0.05, 0) is 43.4 Å². The summed E-state index contributed by atoms with van der Waals surface area (Å²) in [5, 5.41) is 10.1. The number of nitrogens with zero attached hydrogens (tertiary/aromatic N) is 4. The van der Waals surface area contributed by atoms with Crippen LogP contribution < -0.4 is 4.90 Å². The lowest BCUT2D eigenvalue weighted by Crippen LogP contribution is -2.43. The van der Waals surface area contributed by atoms with E-state index in [0.29, 0.717) is 29.5 Å². The smallest absolute Gasteiger partial charge is 0.326 e. The summed E-state index contributed by atoms with van der Waals surface area (Å²) < 4.78 is 0. The molecule has 0 radical (unpaired) electrons. The standard InChI is InChI=1S/C20H30N4O4S/c1-15(19(27)28)24(17-8-6-16(14-25)7-9-17)11-10-18(26)22(4)12-13-23(5)20(29)21(2)3/h6-9,14-15H,10-13H2,1-5H3,(H,27,28). The molecule has 0 fully saturated rings. The lowest BCUT2D eigenvalue weighted by atomic mass is 10.1. The lowest BCUT2D eigenvalue weighted by Gasteiger charge is -2.30. The number of benzene rings is 1. The van der Waals surface area contributed by atoms with E-state index in [2.05, 4.69) is 0 Å². The van der Waals surface area contributed by atoms with Crippen molar-refractivity contribution in [3.8, 4) is 0 Å². The number of carboxylic acid groups (broad SMARTS) is 1. The maximum absolute atomic E-state index is 12.5. The summed E-state index contributed by atoms with van der Waals surface area (Å²) in [7, 11) is 7.33. The molecule has 0 aliphatic carbocycles. The number of hydrogen-bond donors (Lipinski definition) is 1. The largest absolute Gasteiger partial charge is 0.480 e. The second kappa shape index (κ2) is 11.4. The van der Waals surface area contributed by atoms with E-state index in [1.54, 1.807) is 48.0 Å². The highest BCUT2D eigenvalue weighted by Gasteiger charge is 2.22. The number of carbonyl (C=O) groups is 3. The van der Waals surface area contributed by atoms with Crippen molar-refractivity contribution in [1.82, 2.24) is 14.7 Å². The fourth-order valence-corrected chi connectivity index (χ4v) is 2.78. The maximum atomic E-state index is 12.5. The quantitative estimate of drug-likeness (QED) is 0.448. The molecule has 1 unspecified atom stereocenters. The molecule has 1 rings (SSSR count). The summed E-state index contributed by atoms with van der Waals surface area (Å²) in [5.74, 6) is -1.06. The molecule has 0 aliphatic rings. The van der Waals surface area contributed by atoms with Crippen LogP contribution in [0.25, 0.3) is 0 Å². The minimum absolute atomic E-state index is 0.0822. The lowest BCUT2D eigenvalue weighted by molar-refractivity contribution is -0.138. The predicted molar refractivity (Wildman–Crippen MR) is 117 cm³/mol. The van der Waals surface area contributed by atoms with Crippen molar-refractivity contribution >= 4 is 41.2 Å². The molecule has 0 aliphatic heterocycles. The third-order valence-electron chi connectivity index (χ3n) is 4.66. The average molecular weight is 423 g/mol. The molecule has 8 nitrogen and oxygen atoms in total. The van der Waals surface area contributed by atoms with E-state index in [0.717, 1.165) is 6.29 Å². The fourth-order valence-electron chi connectivity index (χ4n) is 2.69. The van der Waals surface area contributed by atoms with Gasteiger partial charge in [-0.25, -0.2) is 4.79 Å². The van der Waals surface area contributed by atoms with Gasteiger partial charge in [-0.2, -0.15) is 0 Å². The summed E-state index contributed by atoms with van der Waals surface area (Å²) in [6.07, 6.45) is 0.900. The number of aldehydes is 1. The first kappa shape index (κ1) is 24.4. The Bertz CT molecular complexity index is 724. The zero-order valence-electron chi connectivity index (χ0n) is 17.7. The number of carboxylic acids is 1. The highest BCUT2D eigenvalue weighted by Crippen LogP contribution is 2.18. The number of thiocarbonyl (C=S) groups is 1. The Kier molecular flexibility index (Phi) is 9.54. The number of anilines is 1. The van der Waals surface area contributed by atoms with Gasteiger partial charge in [0.25, 0.3) is 0 Å². The van der Waals surface area contributed by atoms with Crippen molar-refractivity contribution in [2.45, 2.75) is 19.4 Å². The van der Waals surface area contributed by atoms with E-state index in [1.807, 2.05) is 30.9 Å². The number of likely N-dealkylation sites (N-methyl/N-ethyl adjacent to an activating group) is 2. The number of amides is 1. The first-order valence-corrected chi connectivity index (χ1v) is 9.70. The van der Waals surface area contributed by atoms with Crippen molar-refractivity contribution in [3.05, 3.63) is 29.8 Å². The molecule has 1 atom stereocenters. The topological polar surface area (TPSA) is 84.4 Å². The average Bonchev–Trinajstić information content (AvgIpc) is 2.70. The first-order valence-electron chi connectivity index (χ1n) is 9.29. The molecule has 160 valence electrons. The summed E-state index contributed by atoms with van der Waals surface area (Å²) >= 11 is 5.29. The number of aliphatic carboxylic acids is 1. The van der Waals surface area contributed by atoms with Gasteiger partial charge in [-0.1, -0.05) is 0 Å². The zero-order chi connectivity index (χ0) is 22.1. The number of carbonyl (C=O) groups excluding carboxylic acids is 2. The van der Waals surface area contributed by atoms with Crippen LogP contribution >= 0.6 is 12.2 Å². The van der Waals surface area contributed by atoms with Crippen LogP contribution in [0.4, 0.5) is 5.69 Å². The van der Waals surface area contributed by atoms with E-state index in [9.17, 15) is 19.5 Å². The van der Waals surface area contributed by atoms with E-state index >= 15 is 0 Å². The minimum Gasteiger partial charge on any atom is -0.480 e. The van der Waals surface area contributed by atoms with Gasteiger partial charge in [0.1, 0.15) is 12.3 Å². The highest BCUT2D eigenvalue weighted by molar-refractivity contribution is 7.80. The molecule has 0 bridgehead atoms. The molecular weight excluding hydrogens is 392 g/mol. The van der Waals surface area contributed by atoms with Crippen molar-refractivity contribution < 1.29 is 19.5 Å². The fraction of sp³-hybridized carbons (Fsp3) is 0.500. The second-order valence-corrected chi connectivity index (χ2v) is 7.45. The van der Waals surface area contributed by atoms with Crippen molar-refractivity contribution in [2.75, 3.05) is 52.7 Å². The molecule has 1 N–H and O–H groups in total. The summed E-state index contributed by atoms with van der Waals surface area (Å²) in [6, 6.07) is 5.82. The monoisotopic (exact) mass is 422 g/mol. The normalized spacial score (nSPS) is 11.3. The van der Waals surface area contributed by atoms with Crippen LogP contribution in [-0.2, 0) is 9.59 Å². The molecule has 9 heteroatoms. The number of rotatable bonds is 10. The Morgan fingerprint density at radius 2 is 1.59 bits per heavy atom. The Morgan fingerprint density at radius 3 is 2.07 bits per heavy atom. The third kappa shape index (κ3) is 7.34. The van der Waals surface area contributed by atoms with Gasteiger partial charge in [0.15, 0.2) is 5.11 Å². The Hall–Kier alpha value is -2.68. The maximum Gasteiger partial charge on any atom is 0.326 e. The molecule has 0 saturated carbocycles. The summed E-state index contributed by atoms with van der Waals surface area (Å²) in [6.45, 7) is 2.93. The van der Waals surface area contributed by atoms with Crippen molar-refractivity contribution in [3.63, 3.8) is 0 Å². The second-order valence-electron chi connectivity index (χ2n) is 7.08. The Balaban J connectivity index is 2.72. The van der Waals surface area contributed by atoms with Crippen molar-refractivity contribution in [1.29, 1.82) is 0 Å². The van der Waals surface area contributed by atoms with Gasteiger partial charge >= 0.3 is 5.97 Å². The molecular formula is C20H30N4O4S. The van der Waals surface area contributed by atoms with Crippen LogP contribution in [0.1, 0.15) is 23.7 Å². The van der Waals surface area contributed by atoms with E-state index in [-0.39, 0.29) is 18.9 Å². The Morgan fingerprint density at radius 1 is 1.03 bits per heavy atom. The Labute approximate surface area is 177 Å². The van der Waals surface area contributed by atoms with Crippen LogP contribution in [-0.4, -0.2) is 96.9 Å². The summed E-state index contributed by atoms with van der Waals surface area (Å²) in [5.41, 5.74) is 1.16. The zero-order valence-corrected chi connectivity index (χ0v) is 18.5. The van der Waals surface area contributed by atoms with Crippen LogP contribution in [0.15, 0.2) is 24.3 Å². The van der Waals surface area contributed by atoms with Gasteiger partial charge in [0.05, 0.1) is 0 Å². The van der Waals surface area contributed by atoms with Gasteiger partial charge in [0.2, 0.25) is 5.91 Å². The summed E-state index contributed by atoms with van der Waals surface area (Å²) in [4.78, 5) is 41.9. The third-order valence-corrected chi connectivity index (χ3v) is 5.33. The molecule has 29 heavy (non-hydrogen) atoms. The molecule has 1 aromatic carbocycles. The van der Waals surface area contributed by atoms with E-state index in [4.69, 9.17) is 12.2 Å². The van der Waals surface area contributed by atoms with Gasteiger partial charge < -0.3 is 24.7 Å². The number of hydrogen-bond acceptors (Lipinski definition) is 5. The molecule has 0 spiro atoms. The molecule has 1 aromatic rings. The van der Waals surface area contributed by atoms with Crippen molar-refractivity contribution in [2.24, 2.45) is 0 Å². The van der Waals surface area contributed by atoms with E-state index in [1.165, 1.54) is 0 Å². The predicted octanol–water partition coefficient (Wildman–Crippen LogP) is 1.41. The van der Waals surface area contributed by atoms with Gasteiger partial charge in [0, 0.05) is 65.5 Å². The SMILES string of the molecule is CC(C(=O)O)N(CCC(=O)N(C)CCN(C)C(=S)N(C)C)c1ccc(C=O)cc1. The molecule has 1 amide bonds. The molecule has 0 saturated heterocycles. The molecule has 0 aromatic heterocycles. The molecule has 0 heterocycles. The van der Waals surface area contributed by atoms with Crippen LogP contribution in [0.2, 0.25) is 0 Å². The van der Waals surface area contributed by atoms with Crippen LogP contribution in [0.5, 0.6) is 0 Å². The van der Waals surface area contributed by atoms with Gasteiger partial charge in [-0.15, -0.1) is 0 Å². The first-order chi connectivity index (χ1) is 13.6.